The molecule has 0 spiro atoms. The molecule has 88 valence electrons. The van der Waals surface area contributed by atoms with E-state index in [1.54, 1.807) is 13.0 Å². The van der Waals surface area contributed by atoms with Crippen molar-refractivity contribution in [1.82, 2.24) is 10.2 Å². The molecule has 0 bridgehead atoms. The van der Waals surface area contributed by atoms with Gasteiger partial charge in [-0.25, -0.2) is 4.79 Å². The fourth-order valence-electron chi connectivity index (χ4n) is 1.40. The van der Waals surface area contributed by atoms with Crippen LogP contribution in [0.5, 0.6) is 0 Å². The van der Waals surface area contributed by atoms with Crippen LogP contribution in [0.1, 0.15) is 17.4 Å². The van der Waals surface area contributed by atoms with Gasteiger partial charge in [-0.15, -0.1) is 0 Å². The minimum absolute atomic E-state index is 0.358. The number of ether oxygens (including phenoxy) is 1. The lowest BCUT2D eigenvalue weighted by Gasteiger charge is -1.96. The molecule has 0 atom stereocenters. The normalized spacial score (nSPS) is 10.2. The highest BCUT2D eigenvalue weighted by Gasteiger charge is 2.11. The van der Waals surface area contributed by atoms with Gasteiger partial charge < -0.3 is 4.74 Å². The number of H-pyrrole nitrogens is 1. The first-order valence-electron chi connectivity index (χ1n) is 5.19. The van der Waals surface area contributed by atoms with Crippen LogP contribution in [-0.2, 0) is 4.74 Å². The highest BCUT2D eigenvalue weighted by Crippen LogP contribution is 2.19. The number of carbonyl (C=O) groups is 1. The molecule has 4 nitrogen and oxygen atoms in total. The molecule has 5 heteroatoms. The molecule has 0 radical (unpaired) electrons. The zero-order chi connectivity index (χ0) is 12.3. The van der Waals surface area contributed by atoms with Crippen molar-refractivity contribution in [2.75, 3.05) is 6.61 Å². The molecule has 0 fully saturated rings. The van der Waals surface area contributed by atoms with Crippen molar-refractivity contribution in [2.24, 2.45) is 0 Å². The lowest BCUT2D eigenvalue weighted by Crippen LogP contribution is -2.04. The predicted molar refractivity (Wildman–Crippen MR) is 72.7 cm³/mol. The fourth-order valence-corrected chi connectivity index (χ4v) is 1.76. The van der Waals surface area contributed by atoms with Gasteiger partial charge >= 0.3 is 5.97 Å². The average Bonchev–Trinajstić information content (AvgIpc) is 2.80. The van der Waals surface area contributed by atoms with Gasteiger partial charge in [0.05, 0.1) is 12.3 Å². The van der Waals surface area contributed by atoms with E-state index in [1.807, 2.05) is 24.3 Å². The summed E-state index contributed by atoms with van der Waals surface area (Å²) in [6.45, 7) is 2.13. The van der Waals surface area contributed by atoms with Gasteiger partial charge in [0.2, 0.25) is 0 Å². The molecule has 2 aromatic rings. The predicted octanol–water partition coefficient (Wildman–Crippen LogP) is 2.86. The van der Waals surface area contributed by atoms with Gasteiger partial charge in [-0.2, -0.15) is 5.10 Å². The minimum atomic E-state index is -0.378. The molecule has 1 N–H and O–H groups in total. The number of benzene rings is 1. The molecule has 0 amide bonds. The largest absolute Gasteiger partial charge is 0.461 e. The first kappa shape index (κ1) is 12.1. The molecule has 2 rings (SSSR count). The zero-order valence-electron chi connectivity index (χ0n) is 9.24. The van der Waals surface area contributed by atoms with Crippen LogP contribution in [-0.4, -0.2) is 22.8 Å². The number of hydrogen-bond acceptors (Lipinski definition) is 3. The summed E-state index contributed by atoms with van der Waals surface area (Å²) in [5.74, 6) is -0.378. The Morgan fingerprint density at radius 2 is 2.12 bits per heavy atom. The third-order valence-corrected chi connectivity index (χ3v) is 2.93. The third-order valence-electron chi connectivity index (χ3n) is 2.21. The quantitative estimate of drug-likeness (QED) is 0.689. The van der Waals surface area contributed by atoms with Crippen LogP contribution in [0.2, 0.25) is 0 Å². The van der Waals surface area contributed by atoms with Gasteiger partial charge in [0, 0.05) is 9.13 Å². The Morgan fingerprint density at radius 3 is 2.76 bits per heavy atom. The number of nitrogens with zero attached hydrogens (tertiary/aromatic N) is 1. The Bertz CT molecular complexity index is 520. The lowest BCUT2D eigenvalue weighted by atomic mass is 10.1. The van der Waals surface area contributed by atoms with Crippen molar-refractivity contribution >= 4 is 28.6 Å². The number of nitrogens with one attached hydrogen (secondary N) is 1. The second kappa shape index (κ2) is 5.31. The van der Waals surface area contributed by atoms with Gasteiger partial charge in [0.25, 0.3) is 0 Å². The molecule has 17 heavy (non-hydrogen) atoms. The first-order valence-corrected chi connectivity index (χ1v) is 6.27. The summed E-state index contributed by atoms with van der Waals surface area (Å²) in [5.41, 5.74) is 2.09. The van der Waals surface area contributed by atoms with Crippen LogP contribution < -0.4 is 0 Å². The number of esters is 1. The zero-order valence-corrected chi connectivity index (χ0v) is 11.4. The van der Waals surface area contributed by atoms with E-state index < -0.39 is 0 Å². The summed E-state index contributed by atoms with van der Waals surface area (Å²) in [5, 5.41) is 6.77. The number of rotatable bonds is 3. The second-order valence-electron chi connectivity index (χ2n) is 3.39. The van der Waals surface area contributed by atoms with E-state index in [0.29, 0.717) is 12.3 Å². The van der Waals surface area contributed by atoms with Crippen LogP contribution in [0.25, 0.3) is 11.3 Å². The Balaban J connectivity index is 2.23. The number of aromatic amines is 1. The van der Waals surface area contributed by atoms with Gasteiger partial charge in [-0.1, -0.05) is 12.1 Å². The van der Waals surface area contributed by atoms with E-state index >= 15 is 0 Å². The van der Waals surface area contributed by atoms with Crippen molar-refractivity contribution in [3.05, 3.63) is 39.6 Å². The van der Waals surface area contributed by atoms with Gasteiger partial charge in [0.15, 0.2) is 0 Å². The maximum atomic E-state index is 11.4. The molecule has 0 saturated heterocycles. The summed E-state index contributed by atoms with van der Waals surface area (Å²) in [6, 6.07) is 9.61. The summed E-state index contributed by atoms with van der Waals surface area (Å²) in [4.78, 5) is 11.4. The smallest absolute Gasteiger partial charge is 0.356 e. The Kier molecular flexibility index (Phi) is 3.78. The Labute approximate surface area is 113 Å². The Hall–Kier alpha value is -1.37. The average molecular weight is 342 g/mol. The molecular formula is C12H11IN2O2. The molecule has 0 saturated carbocycles. The van der Waals surface area contributed by atoms with E-state index in [-0.39, 0.29) is 5.97 Å². The van der Waals surface area contributed by atoms with Crippen LogP contribution in [0, 0.1) is 3.57 Å². The highest BCUT2D eigenvalue weighted by molar-refractivity contribution is 14.1. The maximum absolute atomic E-state index is 11.4. The van der Waals surface area contributed by atoms with Gasteiger partial charge in [0.1, 0.15) is 5.69 Å². The minimum Gasteiger partial charge on any atom is -0.461 e. The van der Waals surface area contributed by atoms with E-state index in [0.717, 1.165) is 14.8 Å². The summed E-state index contributed by atoms with van der Waals surface area (Å²) < 4.78 is 6.04. The van der Waals surface area contributed by atoms with Crippen LogP contribution in [0.3, 0.4) is 0 Å². The molecule has 0 aliphatic carbocycles. The first-order chi connectivity index (χ1) is 8.20. The van der Waals surface area contributed by atoms with Gasteiger partial charge in [-0.3, -0.25) is 5.10 Å². The number of hydrogen-bond donors (Lipinski definition) is 1. The highest BCUT2D eigenvalue weighted by atomic mass is 127. The fraction of sp³-hybridized carbons (Fsp3) is 0.167. The van der Waals surface area contributed by atoms with Crippen molar-refractivity contribution in [3.8, 4) is 11.3 Å². The van der Waals surface area contributed by atoms with E-state index in [9.17, 15) is 4.79 Å². The molecule has 1 heterocycles. The molecule has 0 aliphatic rings. The van der Waals surface area contributed by atoms with Crippen LogP contribution in [0.15, 0.2) is 30.3 Å². The monoisotopic (exact) mass is 342 g/mol. The maximum Gasteiger partial charge on any atom is 0.356 e. The van der Waals surface area contributed by atoms with Crippen LogP contribution in [0.4, 0.5) is 0 Å². The summed E-state index contributed by atoms with van der Waals surface area (Å²) in [6.07, 6.45) is 0. The third kappa shape index (κ3) is 2.85. The van der Waals surface area contributed by atoms with Crippen molar-refractivity contribution < 1.29 is 9.53 Å². The Morgan fingerprint density at radius 1 is 1.41 bits per heavy atom. The lowest BCUT2D eigenvalue weighted by molar-refractivity contribution is 0.0519. The van der Waals surface area contributed by atoms with E-state index in [2.05, 4.69) is 32.8 Å². The van der Waals surface area contributed by atoms with E-state index in [4.69, 9.17) is 4.74 Å². The molecule has 0 aliphatic heterocycles. The summed E-state index contributed by atoms with van der Waals surface area (Å²) in [7, 11) is 0. The molecular weight excluding hydrogens is 331 g/mol. The number of halogens is 1. The molecule has 1 aromatic carbocycles. The van der Waals surface area contributed by atoms with Crippen molar-refractivity contribution in [3.63, 3.8) is 0 Å². The topological polar surface area (TPSA) is 55.0 Å². The van der Waals surface area contributed by atoms with Gasteiger partial charge in [-0.05, 0) is 47.7 Å². The second-order valence-corrected chi connectivity index (χ2v) is 4.64. The summed E-state index contributed by atoms with van der Waals surface area (Å²) >= 11 is 2.24. The van der Waals surface area contributed by atoms with E-state index in [1.165, 1.54) is 0 Å². The molecule has 1 aromatic heterocycles. The van der Waals surface area contributed by atoms with Crippen LogP contribution >= 0.6 is 22.6 Å². The van der Waals surface area contributed by atoms with Crippen molar-refractivity contribution in [1.29, 1.82) is 0 Å². The number of aromatic nitrogens is 2. The molecule has 0 unspecified atom stereocenters. The SMILES string of the molecule is CCOC(=O)c1cc(-c2ccc(I)cc2)n[nH]1. The standard InChI is InChI=1S/C12H11IN2O2/c1-2-17-12(16)11-7-10(14-15-11)8-3-5-9(13)6-4-8/h3-7H,2H2,1H3,(H,14,15). The number of carbonyl (C=O) groups excluding carboxylic acids is 1. The van der Waals surface area contributed by atoms with Crippen molar-refractivity contribution in [2.45, 2.75) is 6.92 Å².